The van der Waals surface area contributed by atoms with Gasteiger partial charge in [0.2, 0.25) is 5.91 Å². The maximum Gasteiger partial charge on any atom is 0.244 e. The Kier molecular flexibility index (Phi) is 6.26. The minimum absolute atomic E-state index is 0.125. The van der Waals surface area contributed by atoms with E-state index in [-0.39, 0.29) is 5.91 Å². The Morgan fingerprint density at radius 3 is 2.93 bits per heavy atom. The molecule has 27 heavy (non-hydrogen) atoms. The molecule has 1 N–H and O–H groups in total. The van der Waals surface area contributed by atoms with E-state index in [1.165, 1.54) is 5.56 Å². The Balaban J connectivity index is 1.52. The number of carbonyl (C=O) groups is 1. The standard InChI is InChI=1S/C22H25N3O2/c1-3-14-27-20-7-5-4-6-18(20)9-11-22(26)23-13-12-19-16-25-15-17(2)8-10-21(25)24-19/h4-11,15-16H,3,12-14H2,1-2H3,(H,23,26)/b11-9+. The van der Waals surface area contributed by atoms with Gasteiger partial charge in [0.1, 0.15) is 11.4 Å². The van der Waals surface area contributed by atoms with Gasteiger partial charge in [0.05, 0.1) is 12.3 Å². The van der Waals surface area contributed by atoms with Crippen LogP contribution in [0.25, 0.3) is 11.7 Å². The van der Waals surface area contributed by atoms with Crippen molar-refractivity contribution in [3.63, 3.8) is 0 Å². The fourth-order valence-corrected chi connectivity index (χ4v) is 2.78. The lowest BCUT2D eigenvalue weighted by atomic mass is 10.2. The summed E-state index contributed by atoms with van der Waals surface area (Å²) in [6, 6.07) is 11.8. The maximum atomic E-state index is 12.1. The number of ether oxygens (including phenoxy) is 1. The van der Waals surface area contributed by atoms with Gasteiger partial charge < -0.3 is 14.5 Å². The highest BCUT2D eigenvalue weighted by Crippen LogP contribution is 2.19. The number of imidazole rings is 1. The van der Waals surface area contributed by atoms with E-state index in [1.54, 1.807) is 12.2 Å². The molecule has 0 aliphatic heterocycles. The first-order valence-corrected chi connectivity index (χ1v) is 9.27. The third-order valence-corrected chi connectivity index (χ3v) is 4.12. The molecule has 140 valence electrons. The van der Waals surface area contributed by atoms with Crippen molar-refractivity contribution in [1.82, 2.24) is 14.7 Å². The summed E-state index contributed by atoms with van der Waals surface area (Å²) in [5, 5.41) is 2.90. The molecular weight excluding hydrogens is 338 g/mol. The molecule has 0 fully saturated rings. The van der Waals surface area contributed by atoms with Gasteiger partial charge in [0.15, 0.2) is 0 Å². The van der Waals surface area contributed by atoms with Crippen molar-refractivity contribution in [3.8, 4) is 5.75 Å². The lowest BCUT2D eigenvalue weighted by molar-refractivity contribution is -0.116. The van der Waals surface area contributed by atoms with Crippen molar-refractivity contribution in [2.75, 3.05) is 13.2 Å². The van der Waals surface area contributed by atoms with E-state index in [0.29, 0.717) is 19.6 Å². The monoisotopic (exact) mass is 363 g/mol. The Hall–Kier alpha value is -3.08. The second-order valence-corrected chi connectivity index (χ2v) is 6.46. The SMILES string of the molecule is CCCOc1ccccc1/C=C/C(=O)NCCc1cn2cc(C)ccc2n1. The summed E-state index contributed by atoms with van der Waals surface area (Å²) in [6.07, 6.45) is 9.02. The number of hydrogen-bond acceptors (Lipinski definition) is 3. The molecule has 2 heterocycles. The van der Waals surface area contributed by atoms with Crippen LogP contribution in [0.5, 0.6) is 5.75 Å². The molecule has 5 nitrogen and oxygen atoms in total. The molecule has 3 rings (SSSR count). The summed E-state index contributed by atoms with van der Waals surface area (Å²) in [6.45, 7) is 5.32. The number of benzene rings is 1. The number of rotatable bonds is 8. The van der Waals surface area contributed by atoms with E-state index in [1.807, 2.05) is 53.2 Å². The largest absolute Gasteiger partial charge is 0.493 e. The maximum absolute atomic E-state index is 12.1. The van der Waals surface area contributed by atoms with Gasteiger partial charge in [0, 0.05) is 37.0 Å². The zero-order valence-corrected chi connectivity index (χ0v) is 15.8. The summed E-state index contributed by atoms with van der Waals surface area (Å²) in [5.74, 6) is 0.670. The number of para-hydroxylation sites is 1. The number of carbonyl (C=O) groups excluding carboxylic acids is 1. The average molecular weight is 363 g/mol. The second kappa shape index (κ2) is 9.03. The molecule has 1 amide bonds. The highest BCUT2D eigenvalue weighted by Gasteiger charge is 2.03. The Bertz CT molecular complexity index is 944. The molecule has 3 aromatic rings. The van der Waals surface area contributed by atoms with E-state index in [0.717, 1.165) is 29.1 Å². The van der Waals surface area contributed by atoms with Gasteiger partial charge in [-0.1, -0.05) is 31.2 Å². The molecule has 5 heteroatoms. The zero-order valence-electron chi connectivity index (χ0n) is 15.8. The quantitative estimate of drug-likeness (QED) is 0.619. The van der Waals surface area contributed by atoms with Crippen LogP contribution >= 0.6 is 0 Å². The highest BCUT2D eigenvalue weighted by atomic mass is 16.5. The first-order chi connectivity index (χ1) is 13.2. The number of amides is 1. The van der Waals surface area contributed by atoms with Gasteiger partial charge in [-0.05, 0) is 37.1 Å². The molecule has 0 saturated heterocycles. The van der Waals surface area contributed by atoms with Gasteiger partial charge in [0.25, 0.3) is 0 Å². The molecule has 0 spiro atoms. The van der Waals surface area contributed by atoms with Crippen molar-refractivity contribution in [1.29, 1.82) is 0 Å². The van der Waals surface area contributed by atoms with Crippen LogP contribution in [0.3, 0.4) is 0 Å². The minimum Gasteiger partial charge on any atom is -0.493 e. The molecule has 2 aromatic heterocycles. The van der Waals surface area contributed by atoms with Gasteiger partial charge in [-0.2, -0.15) is 0 Å². The van der Waals surface area contributed by atoms with E-state index in [4.69, 9.17) is 4.74 Å². The number of aryl methyl sites for hydroxylation is 1. The number of hydrogen-bond donors (Lipinski definition) is 1. The number of nitrogens with one attached hydrogen (secondary N) is 1. The van der Waals surface area contributed by atoms with Crippen molar-refractivity contribution < 1.29 is 9.53 Å². The molecule has 0 saturated carbocycles. The molecule has 0 unspecified atom stereocenters. The summed E-state index contributed by atoms with van der Waals surface area (Å²) in [5.41, 5.74) is 3.97. The molecule has 0 atom stereocenters. The molecule has 0 radical (unpaired) electrons. The van der Waals surface area contributed by atoms with Gasteiger partial charge in [-0.3, -0.25) is 4.79 Å². The van der Waals surface area contributed by atoms with Crippen molar-refractivity contribution in [2.45, 2.75) is 26.7 Å². The van der Waals surface area contributed by atoms with Crippen molar-refractivity contribution in [2.24, 2.45) is 0 Å². The molecule has 1 aromatic carbocycles. The topological polar surface area (TPSA) is 55.6 Å². The number of nitrogens with zero attached hydrogens (tertiary/aromatic N) is 2. The van der Waals surface area contributed by atoms with E-state index >= 15 is 0 Å². The number of fused-ring (bicyclic) bond motifs is 1. The van der Waals surface area contributed by atoms with Crippen molar-refractivity contribution >= 4 is 17.6 Å². The fraction of sp³-hybridized carbons (Fsp3) is 0.273. The van der Waals surface area contributed by atoms with Gasteiger partial charge >= 0.3 is 0 Å². The van der Waals surface area contributed by atoms with Gasteiger partial charge in [-0.15, -0.1) is 0 Å². The fourth-order valence-electron chi connectivity index (χ4n) is 2.78. The summed E-state index contributed by atoms with van der Waals surface area (Å²) < 4.78 is 7.71. The average Bonchev–Trinajstić information content (AvgIpc) is 3.07. The molecule has 0 bridgehead atoms. The van der Waals surface area contributed by atoms with E-state index in [2.05, 4.69) is 24.1 Å². The zero-order chi connectivity index (χ0) is 19.1. The van der Waals surface area contributed by atoms with Crippen LogP contribution in [0, 0.1) is 6.92 Å². The number of pyridine rings is 1. The first-order valence-electron chi connectivity index (χ1n) is 9.27. The smallest absolute Gasteiger partial charge is 0.244 e. The van der Waals surface area contributed by atoms with E-state index < -0.39 is 0 Å². The number of aromatic nitrogens is 2. The van der Waals surface area contributed by atoms with Crippen molar-refractivity contribution in [3.05, 3.63) is 71.7 Å². The molecule has 0 aliphatic carbocycles. The van der Waals surface area contributed by atoms with Crippen LogP contribution in [0.2, 0.25) is 0 Å². The summed E-state index contributed by atoms with van der Waals surface area (Å²) in [4.78, 5) is 16.6. The predicted molar refractivity (Wildman–Crippen MR) is 108 cm³/mol. The Morgan fingerprint density at radius 2 is 2.07 bits per heavy atom. The second-order valence-electron chi connectivity index (χ2n) is 6.46. The van der Waals surface area contributed by atoms with Crippen LogP contribution in [-0.4, -0.2) is 28.4 Å². The van der Waals surface area contributed by atoms with Crippen LogP contribution in [0.4, 0.5) is 0 Å². The summed E-state index contributed by atoms with van der Waals surface area (Å²) in [7, 11) is 0. The molecule has 0 aliphatic rings. The first kappa shape index (κ1) is 18.7. The Morgan fingerprint density at radius 1 is 1.22 bits per heavy atom. The lowest BCUT2D eigenvalue weighted by Crippen LogP contribution is -2.23. The third kappa shape index (κ3) is 5.20. The van der Waals surface area contributed by atoms with Gasteiger partial charge in [-0.25, -0.2) is 4.98 Å². The normalized spacial score (nSPS) is 11.2. The van der Waals surface area contributed by atoms with Crippen LogP contribution < -0.4 is 10.1 Å². The van der Waals surface area contributed by atoms with Crippen LogP contribution in [0.1, 0.15) is 30.2 Å². The lowest BCUT2D eigenvalue weighted by Gasteiger charge is -2.07. The third-order valence-electron chi connectivity index (χ3n) is 4.12. The van der Waals surface area contributed by atoms with Crippen LogP contribution in [0.15, 0.2) is 54.9 Å². The predicted octanol–water partition coefficient (Wildman–Crippen LogP) is 3.80. The van der Waals surface area contributed by atoms with E-state index in [9.17, 15) is 4.79 Å². The molecular formula is C22H25N3O2. The minimum atomic E-state index is -0.125. The highest BCUT2D eigenvalue weighted by molar-refractivity contribution is 5.92. The Labute approximate surface area is 159 Å². The van der Waals surface area contributed by atoms with Crippen LogP contribution in [-0.2, 0) is 11.2 Å². The summed E-state index contributed by atoms with van der Waals surface area (Å²) >= 11 is 0.